The minimum Gasteiger partial charge on any atom is -0.497 e. The molecular formula is C19H17NO4S. The average Bonchev–Trinajstić information content (AvgIpc) is 2.96. The Balaban J connectivity index is 1.81. The van der Waals surface area contributed by atoms with Crippen molar-refractivity contribution in [3.63, 3.8) is 0 Å². The predicted octanol–water partition coefficient (Wildman–Crippen LogP) is 3.75. The molecule has 0 atom stereocenters. The third-order valence-electron chi connectivity index (χ3n) is 3.92. The number of allylic oxidation sites excluding steroid dienone is 1. The van der Waals surface area contributed by atoms with E-state index < -0.39 is 5.97 Å². The van der Waals surface area contributed by atoms with Crippen molar-refractivity contribution in [2.75, 3.05) is 26.2 Å². The first kappa shape index (κ1) is 17.1. The second-order valence-corrected chi connectivity index (χ2v) is 6.47. The van der Waals surface area contributed by atoms with Crippen LogP contribution in [0.2, 0.25) is 0 Å². The van der Waals surface area contributed by atoms with Crippen LogP contribution in [0.4, 0.5) is 5.69 Å². The smallest absolute Gasteiger partial charge is 0.337 e. The van der Waals surface area contributed by atoms with Gasteiger partial charge in [0, 0.05) is 29.6 Å². The van der Waals surface area contributed by atoms with Crippen LogP contribution in [0.15, 0.2) is 58.5 Å². The third kappa shape index (κ3) is 3.39. The Kier molecular flexibility index (Phi) is 4.81. The third-order valence-corrected chi connectivity index (χ3v) is 5.08. The minimum absolute atomic E-state index is 0.120. The fourth-order valence-corrected chi connectivity index (χ4v) is 3.55. The molecule has 0 fully saturated rings. The molecule has 6 heteroatoms. The van der Waals surface area contributed by atoms with Gasteiger partial charge >= 0.3 is 5.97 Å². The zero-order valence-corrected chi connectivity index (χ0v) is 14.9. The molecule has 0 aliphatic carbocycles. The first-order chi connectivity index (χ1) is 12.0. The Morgan fingerprint density at radius 1 is 1.04 bits per heavy atom. The van der Waals surface area contributed by atoms with Crippen molar-refractivity contribution in [1.82, 2.24) is 0 Å². The summed E-state index contributed by atoms with van der Waals surface area (Å²) >= 11 is 1.53. The molecule has 0 bridgehead atoms. The highest BCUT2D eigenvalue weighted by atomic mass is 32.2. The molecule has 1 heterocycles. The van der Waals surface area contributed by atoms with Gasteiger partial charge in [0.2, 0.25) is 0 Å². The van der Waals surface area contributed by atoms with Crippen molar-refractivity contribution < 1.29 is 19.1 Å². The number of methoxy groups -OCH3 is 2. The number of nitrogens with zero attached hydrogens (tertiary/aromatic N) is 1. The van der Waals surface area contributed by atoms with Gasteiger partial charge in [-0.05, 0) is 24.3 Å². The molecule has 1 aliphatic rings. The van der Waals surface area contributed by atoms with Gasteiger partial charge < -0.3 is 14.4 Å². The molecule has 0 aromatic heterocycles. The van der Waals surface area contributed by atoms with Crippen LogP contribution in [0.3, 0.4) is 0 Å². The van der Waals surface area contributed by atoms with Crippen LogP contribution in [-0.2, 0) is 4.74 Å². The molecular weight excluding hydrogens is 338 g/mol. The zero-order chi connectivity index (χ0) is 18.0. The van der Waals surface area contributed by atoms with E-state index in [9.17, 15) is 9.59 Å². The largest absolute Gasteiger partial charge is 0.497 e. The minimum atomic E-state index is -0.423. The summed E-state index contributed by atoms with van der Waals surface area (Å²) in [5.74, 6) is 0.232. The highest BCUT2D eigenvalue weighted by Crippen LogP contribution is 2.46. The second-order valence-electron chi connectivity index (χ2n) is 5.41. The number of fused-ring (bicyclic) bond motifs is 1. The Bertz CT molecular complexity index is 858. The number of carbonyl (C=O) groups excluding carboxylic acids is 2. The van der Waals surface area contributed by atoms with E-state index in [4.69, 9.17) is 4.74 Å². The van der Waals surface area contributed by atoms with Gasteiger partial charge in [0.15, 0.2) is 5.78 Å². The number of esters is 1. The van der Waals surface area contributed by atoms with E-state index in [1.54, 1.807) is 37.5 Å². The fraction of sp³-hybridized carbons (Fsp3) is 0.158. The van der Waals surface area contributed by atoms with Crippen LogP contribution >= 0.6 is 11.8 Å². The summed E-state index contributed by atoms with van der Waals surface area (Å²) in [6, 6.07) is 12.2. The van der Waals surface area contributed by atoms with Gasteiger partial charge in [-0.2, -0.15) is 0 Å². The van der Waals surface area contributed by atoms with Crippen molar-refractivity contribution in [1.29, 1.82) is 0 Å². The highest BCUT2D eigenvalue weighted by Gasteiger charge is 2.23. The van der Waals surface area contributed by atoms with Gasteiger partial charge in [0.05, 0.1) is 30.5 Å². The summed E-state index contributed by atoms with van der Waals surface area (Å²) < 4.78 is 9.91. The lowest BCUT2D eigenvalue weighted by atomic mass is 10.1. The summed E-state index contributed by atoms with van der Waals surface area (Å²) in [5.41, 5.74) is 1.94. The first-order valence-corrected chi connectivity index (χ1v) is 8.39. The molecule has 1 aliphatic heterocycles. The molecule has 0 radical (unpaired) electrons. The maximum atomic E-state index is 12.5. The van der Waals surface area contributed by atoms with E-state index in [2.05, 4.69) is 4.74 Å². The van der Waals surface area contributed by atoms with Crippen LogP contribution in [-0.4, -0.2) is 33.0 Å². The number of hydrogen-bond donors (Lipinski definition) is 0. The van der Waals surface area contributed by atoms with E-state index in [1.807, 2.05) is 30.1 Å². The Hall–Kier alpha value is -2.73. The molecule has 0 spiro atoms. The molecule has 0 saturated heterocycles. The lowest BCUT2D eigenvalue weighted by molar-refractivity contribution is 0.0600. The number of carbonyl (C=O) groups is 2. The van der Waals surface area contributed by atoms with Crippen LogP contribution < -0.4 is 9.64 Å². The quantitative estimate of drug-likeness (QED) is 0.473. The summed E-state index contributed by atoms with van der Waals surface area (Å²) in [4.78, 5) is 27.0. The number of thioether (sulfide) groups is 1. The molecule has 2 aromatic rings. The highest BCUT2D eigenvalue weighted by molar-refractivity contribution is 8.03. The maximum absolute atomic E-state index is 12.5. The first-order valence-electron chi connectivity index (χ1n) is 7.57. The van der Waals surface area contributed by atoms with E-state index in [0.29, 0.717) is 11.1 Å². The normalized spacial score (nSPS) is 14.4. The standard InChI is InChI=1S/C19H17NO4S/c1-20-15-10-14(23-2)8-9-17(15)25-18(20)11-16(21)12-4-6-13(7-5-12)19(22)24-3/h4-11H,1-3H3/b18-11+. The van der Waals surface area contributed by atoms with Crippen molar-refractivity contribution in [3.8, 4) is 5.75 Å². The molecule has 0 saturated carbocycles. The molecule has 25 heavy (non-hydrogen) atoms. The molecule has 0 N–H and O–H groups in total. The molecule has 128 valence electrons. The molecule has 0 amide bonds. The monoisotopic (exact) mass is 355 g/mol. The lowest BCUT2D eigenvalue weighted by Crippen LogP contribution is -2.11. The molecule has 2 aromatic carbocycles. The van der Waals surface area contributed by atoms with E-state index in [-0.39, 0.29) is 5.78 Å². The number of hydrogen-bond acceptors (Lipinski definition) is 6. The van der Waals surface area contributed by atoms with Crippen molar-refractivity contribution in [2.45, 2.75) is 4.90 Å². The van der Waals surface area contributed by atoms with Crippen LogP contribution in [0.25, 0.3) is 0 Å². The van der Waals surface area contributed by atoms with Crippen LogP contribution in [0.1, 0.15) is 20.7 Å². The summed E-state index contributed by atoms with van der Waals surface area (Å²) in [7, 11) is 4.87. The number of benzene rings is 2. The second kappa shape index (κ2) is 7.03. The Labute approximate surface area is 150 Å². The van der Waals surface area contributed by atoms with Crippen LogP contribution in [0, 0.1) is 0 Å². The van der Waals surface area contributed by atoms with Crippen LogP contribution in [0.5, 0.6) is 5.75 Å². The van der Waals surface area contributed by atoms with Crippen molar-refractivity contribution in [2.24, 2.45) is 0 Å². The summed E-state index contributed by atoms with van der Waals surface area (Å²) in [6.07, 6.45) is 1.60. The lowest BCUT2D eigenvalue weighted by Gasteiger charge is -2.14. The van der Waals surface area contributed by atoms with Gasteiger partial charge in [0.1, 0.15) is 5.75 Å². The zero-order valence-electron chi connectivity index (χ0n) is 14.1. The molecule has 0 unspecified atom stereocenters. The van der Waals surface area contributed by atoms with E-state index in [0.717, 1.165) is 21.4 Å². The fourth-order valence-electron chi connectivity index (χ4n) is 2.48. The summed E-state index contributed by atoms with van der Waals surface area (Å²) in [6.45, 7) is 0. The topological polar surface area (TPSA) is 55.8 Å². The SMILES string of the molecule is COC(=O)c1ccc(C(=O)/C=C2/Sc3ccc(OC)cc3N2C)cc1. The Morgan fingerprint density at radius 3 is 2.36 bits per heavy atom. The van der Waals surface area contributed by atoms with Gasteiger partial charge in [-0.1, -0.05) is 23.9 Å². The molecule has 5 nitrogen and oxygen atoms in total. The predicted molar refractivity (Wildman–Crippen MR) is 97.4 cm³/mol. The average molecular weight is 355 g/mol. The molecule has 3 rings (SSSR count). The number of ether oxygens (including phenoxy) is 2. The van der Waals surface area contributed by atoms with Crippen molar-refractivity contribution in [3.05, 3.63) is 64.7 Å². The maximum Gasteiger partial charge on any atom is 0.337 e. The number of rotatable bonds is 4. The van der Waals surface area contributed by atoms with E-state index >= 15 is 0 Å². The summed E-state index contributed by atoms with van der Waals surface area (Å²) in [5, 5.41) is 0.838. The van der Waals surface area contributed by atoms with E-state index in [1.165, 1.54) is 18.9 Å². The van der Waals surface area contributed by atoms with Gasteiger partial charge in [0.25, 0.3) is 0 Å². The van der Waals surface area contributed by atoms with Gasteiger partial charge in [-0.25, -0.2) is 4.79 Å². The van der Waals surface area contributed by atoms with Gasteiger partial charge in [-0.15, -0.1) is 0 Å². The number of anilines is 1. The number of ketones is 1. The van der Waals surface area contributed by atoms with Gasteiger partial charge in [-0.3, -0.25) is 4.79 Å². The van der Waals surface area contributed by atoms with Crippen molar-refractivity contribution >= 4 is 29.2 Å². The Morgan fingerprint density at radius 2 is 1.72 bits per heavy atom.